The second-order valence-corrected chi connectivity index (χ2v) is 5.86. The van der Waals surface area contributed by atoms with Gasteiger partial charge in [-0.05, 0) is 42.3 Å². The van der Waals surface area contributed by atoms with Crippen LogP contribution in [0.1, 0.15) is 23.0 Å². The van der Waals surface area contributed by atoms with Crippen LogP contribution >= 0.6 is 11.6 Å². The summed E-state index contributed by atoms with van der Waals surface area (Å²) in [6.07, 6.45) is 0.789. The smallest absolute Gasteiger partial charge is 0.374 e. The Hall–Kier alpha value is -2.79. The van der Waals surface area contributed by atoms with Crippen molar-refractivity contribution in [2.24, 2.45) is 0 Å². The maximum absolute atomic E-state index is 12.1. The highest BCUT2D eigenvalue weighted by Gasteiger charge is 2.16. The molecule has 0 spiro atoms. The number of benzene rings is 2. The molecule has 0 aliphatic rings. The van der Waals surface area contributed by atoms with Crippen molar-refractivity contribution in [3.05, 3.63) is 64.9 Å². The minimum Gasteiger partial charge on any atom is -0.450 e. The lowest BCUT2D eigenvalue weighted by molar-refractivity contribution is -0.119. The summed E-state index contributed by atoms with van der Waals surface area (Å²) in [5.74, 6) is -1.08. The van der Waals surface area contributed by atoms with Gasteiger partial charge < -0.3 is 14.5 Å². The molecule has 0 bridgehead atoms. The third kappa shape index (κ3) is 4.00. The zero-order chi connectivity index (χ0) is 17.8. The van der Waals surface area contributed by atoms with Crippen LogP contribution in [0.3, 0.4) is 0 Å². The number of carbonyl (C=O) groups is 2. The predicted octanol–water partition coefficient (Wildman–Crippen LogP) is 4.44. The molecule has 3 rings (SSSR count). The summed E-state index contributed by atoms with van der Waals surface area (Å²) in [5, 5.41) is 3.98. The Morgan fingerprint density at radius 2 is 1.96 bits per heavy atom. The van der Waals surface area contributed by atoms with Crippen molar-refractivity contribution in [3.63, 3.8) is 0 Å². The molecule has 0 fully saturated rings. The van der Waals surface area contributed by atoms with E-state index in [1.54, 1.807) is 18.2 Å². The molecule has 1 aromatic heterocycles. The van der Waals surface area contributed by atoms with Gasteiger partial charge in [-0.15, -0.1) is 0 Å². The molecule has 1 amide bonds. The number of rotatable bonds is 5. The first-order chi connectivity index (χ1) is 12.1. The van der Waals surface area contributed by atoms with Gasteiger partial charge in [0.15, 0.2) is 6.61 Å². The van der Waals surface area contributed by atoms with Crippen LogP contribution < -0.4 is 5.32 Å². The number of aryl methyl sites for hydroxylation is 1. The molecule has 128 valence electrons. The highest BCUT2D eigenvalue weighted by atomic mass is 35.5. The van der Waals surface area contributed by atoms with Crippen molar-refractivity contribution in [2.75, 3.05) is 11.9 Å². The first-order valence-corrected chi connectivity index (χ1v) is 8.18. The van der Waals surface area contributed by atoms with Gasteiger partial charge in [-0.3, -0.25) is 4.79 Å². The van der Waals surface area contributed by atoms with Gasteiger partial charge >= 0.3 is 5.97 Å². The second-order valence-electron chi connectivity index (χ2n) is 5.43. The topological polar surface area (TPSA) is 68.5 Å². The van der Waals surface area contributed by atoms with Crippen LogP contribution in [0.25, 0.3) is 11.0 Å². The van der Waals surface area contributed by atoms with Crippen LogP contribution in [-0.4, -0.2) is 18.5 Å². The summed E-state index contributed by atoms with van der Waals surface area (Å²) in [6, 6.07) is 14.0. The number of hydrogen-bond donors (Lipinski definition) is 1. The van der Waals surface area contributed by atoms with Gasteiger partial charge in [0.1, 0.15) is 5.58 Å². The van der Waals surface area contributed by atoms with Gasteiger partial charge in [0.05, 0.1) is 0 Å². The van der Waals surface area contributed by atoms with E-state index < -0.39 is 18.5 Å². The first-order valence-electron chi connectivity index (χ1n) is 7.81. The molecule has 0 radical (unpaired) electrons. The van der Waals surface area contributed by atoms with Crippen molar-refractivity contribution in [2.45, 2.75) is 13.3 Å². The summed E-state index contributed by atoms with van der Waals surface area (Å²) in [7, 11) is 0. The van der Waals surface area contributed by atoms with Gasteiger partial charge in [0, 0.05) is 16.1 Å². The van der Waals surface area contributed by atoms with Gasteiger partial charge in [-0.2, -0.15) is 0 Å². The number of furan rings is 1. The van der Waals surface area contributed by atoms with Crippen molar-refractivity contribution in [1.82, 2.24) is 0 Å². The lowest BCUT2D eigenvalue weighted by atomic mass is 10.1. The molecule has 25 heavy (non-hydrogen) atoms. The van der Waals surface area contributed by atoms with Crippen LogP contribution in [0.5, 0.6) is 0 Å². The zero-order valence-corrected chi connectivity index (χ0v) is 14.3. The molecule has 1 N–H and O–H groups in total. The molecule has 0 saturated carbocycles. The Balaban J connectivity index is 1.62. The van der Waals surface area contributed by atoms with E-state index in [2.05, 4.69) is 5.32 Å². The number of hydrogen-bond acceptors (Lipinski definition) is 4. The summed E-state index contributed by atoms with van der Waals surface area (Å²) in [5.41, 5.74) is 2.25. The van der Waals surface area contributed by atoms with E-state index in [9.17, 15) is 9.59 Å². The largest absolute Gasteiger partial charge is 0.450 e. The quantitative estimate of drug-likeness (QED) is 0.685. The number of fused-ring (bicyclic) bond motifs is 1. The Morgan fingerprint density at radius 3 is 2.76 bits per heavy atom. The van der Waals surface area contributed by atoms with Gasteiger partial charge in [-0.1, -0.05) is 36.7 Å². The number of amides is 1. The van der Waals surface area contributed by atoms with E-state index in [-0.39, 0.29) is 5.76 Å². The third-order valence-corrected chi connectivity index (χ3v) is 3.92. The molecule has 6 heteroatoms. The summed E-state index contributed by atoms with van der Waals surface area (Å²) in [6.45, 7) is 1.60. The van der Waals surface area contributed by atoms with Crippen molar-refractivity contribution >= 4 is 40.1 Å². The molecular formula is C19H16ClNO4. The fourth-order valence-corrected chi connectivity index (χ4v) is 2.63. The standard InChI is InChI=1S/C19H16ClNO4/c1-2-12-5-3-4-6-15(12)21-18(22)11-24-19(23)17-10-13-9-14(20)7-8-16(13)25-17/h3-10H,2,11H2,1H3,(H,21,22). The highest BCUT2D eigenvalue weighted by molar-refractivity contribution is 6.31. The molecule has 0 aliphatic heterocycles. The van der Waals surface area contributed by atoms with Gasteiger partial charge in [-0.25, -0.2) is 4.79 Å². The number of anilines is 1. The van der Waals surface area contributed by atoms with E-state index in [1.165, 1.54) is 6.07 Å². The fourth-order valence-electron chi connectivity index (χ4n) is 2.45. The van der Waals surface area contributed by atoms with Crippen LogP contribution in [0, 0.1) is 0 Å². The third-order valence-electron chi connectivity index (χ3n) is 3.69. The Bertz CT molecular complexity index is 932. The molecule has 0 saturated heterocycles. The number of para-hydroxylation sites is 1. The van der Waals surface area contributed by atoms with Crippen LogP contribution in [-0.2, 0) is 16.0 Å². The maximum Gasteiger partial charge on any atom is 0.374 e. The molecule has 5 nitrogen and oxygen atoms in total. The van der Waals surface area contributed by atoms with Gasteiger partial charge in [0.25, 0.3) is 5.91 Å². The molecule has 3 aromatic rings. The summed E-state index contributed by atoms with van der Waals surface area (Å²) >= 11 is 5.90. The SMILES string of the molecule is CCc1ccccc1NC(=O)COC(=O)c1cc2cc(Cl)ccc2o1. The van der Waals surface area contributed by atoms with Crippen molar-refractivity contribution < 1.29 is 18.7 Å². The molecule has 0 atom stereocenters. The zero-order valence-electron chi connectivity index (χ0n) is 13.5. The minimum atomic E-state index is -0.703. The minimum absolute atomic E-state index is 0.0269. The molecule has 0 aliphatic carbocycles. The number of ether oxygens (including phenoxy) is 1. The Labute approximate surface area is 149 Å². The average molecular weight is 358 g/mol. The average Bonchev–Trinajstić information content (AvgIpc) is 3.03. The molecule has 0 unspecified atom stereocenters. The van der Waals surface area contributed by atoms with E-state index >= 15 is 0 Å². The summed E-state index contributed by atoms with van der Waals surface area (Å²) < 4.78 is 10.4. The lowest BCUT2D eigenvalue weighted by Gasteiger charge is -2.09. The van der Waals surface area contributed by atoms with Crippen LogP contribution in [0.2, 0.25) is 5.02 Å². The number of halogens is 1. The van der Waals surface area contributed by atoms with E-state index in [1.807, 2.05) is 31.2 Å². The number of esters is 1. The Kier molecular flexibility index (Phi) is 5.05. The highest BCUT2D eigenvalue weighted by Crippen LogP contribution is 2.23. The van der Waals surface area contributed by atoms with Crippen LogP contribution in [0.4, 0.5) is 5.69 Å². The normalized spacial score (nSPS) is 10.6. The fraction of sp³-hybridized carbons (Fsp3) is 0.158. The lowest BCUT2D eigenvalue weighted by Crippen LogP contribution is -2.21. The first kappa shape index (κ1) is 17.0. The number of carbonyl (C=O) groups excluding carboxylic acids is 2. The number of nitrogens with one attached hydrogen (secondary N) is 1. The maximum atomic E-state index is 12.1. The van der Waals surface area contributed by atoms with Crippen molar-refractivity contribution in [3.8, 4) is 0 Å². The summed E-state index contributed by atoms with van der Waals surface area (Å²) in [4.78, 5) is 24.0. The second kappa shape index (κ2) is 7.40. The van der Waals surface area contributed by atoms with E-state index in [4.69, 9.17) is 20.8 Å². The molecular weight excluding hydrogens is 342 g/mol. The predicted molar refractivity (Wildman–Crippen MR) is 96.0 cm³/mol. The molecule has 1 heterocycles. The van der Waals surface area contributed by atoms with E-state index in [0.717, 1.165) is 12.0 Å². The monoisotopic (exact) mass is 357 g/mol. The van der Waals surface area contributed by atoms with Gasteiger partial charge in [0.2, 0.25) is 5.76 Å². The molecule has 2 aromatic carbocycles. The van der Waals surface area contributed by atoms with Crippen LogP contribution in [0.15, 0.2) is 52.9 Å². The van der Waals surface area contributed by atoms with E-state index in [0.29, 0.717) is 21.7 Å². The van der Waals surface area contributed by atoms with Crippen molar-refractivity contribution in [1.29, 1.82) is 0 Å². The Morgan fingerprint density at radius 1 is 1.16 bits per heavy atom.